The maximum absolute atomic E-state index is 5.55. The highest BCUT2D eigenvalue weighted by Crippen LogP contribution is 2.22. The van der Waals surface area contributed by atoms with Gasteiger partial charge in [0.15, 0.2) is 5.11 Å². The van der Waals surface area contributed by atoms with Gasteiger partial charge >= 0.3 is 0 Å². The first-order chi connectivity index (χ1) is 10.8. The highest BCUT2D eigenvalue weighted by atomic mass is 32.1. The van der Waals surface area contributed by atoms with Crippen LogP contribution in [0.4, 0.5) is 5.69 Å². The van der Waals surface area contributed by atoms with Crippen molar-refractivity contribution in [3.63, 3.8) is 0 Å². The van der Waals surface area contributed by atoms with E-state index in [1.54, 1.807) is 6.26 Å². The molecule has 3 nitrogen and oxygen atoms in total. The molecular weight excluding hydrogens is 292 g/mol. The molecule has 1 unspecified atom stereocenters. The molecule has 1 heterocycles. The van der Waals surface area contributed by atoms with Crippen molar-refractivity contribution >= 4 is 23.0 Å². The quantitative estimate of drug-likeness (QED) is 0.702. The van der Waals surface area contributed by atoms with E-state index in [1.807, 2.05) is 72.8 Å². The van der Waals surface area contributed by atoms with E-state index in [-0.39, 0.29) is 6.04 Å². The van der Waals surface area contributed by atoms with E-state index in [1.165, 1.54) is 0 Å². The number of rotatable bonds is 4. The Morgan fingerprint density at radius 1 is 0.864 bits per heavy atom. The van der Waals surface area contributed by atoms with E-state index in [2.05, 4.69) is 10.6 Å². The fraction of sp³-hybridized carbons (Fsp3) is 0.0556. The van der Waals surface area contributed by atoms with Gasteiger partial charge in [-0.25, -0.2) is 0 Å². The van der Waals surface area contributed by atoms with Crippen molar-refractivity contribution in [2.45, 2.75) is 6.04 Å². The predicted molar refractivity (Wildman–Crippen MR) is 92.8 cm³/mol. The number of para-hydroxylation sites is 1. The second-order valence-corrected chi connectivity index (χ2v) is 5.23. The van der Waals surface area contributed by atoms with Crippen LogP contribution in [-0.4, -0.2) is 5.11 Å². The molecule has 0 saturated heterocycles. The van der Waals surface area contributed by atoms with Crippen molar-refractivity contribution in [1.29, 1.82) is 0 Å². The summed E-state index contributed by atoms with van der Waals surface area (Å²) < 4.78 is 5.55. The molecule has 0 aliphatic carbocycles. The van der Waals surface area contributed by atoms with Crippen LogP contribution in [0.1, 0.15) is 17.4 Å². The van der Waals surface area contributed by atoms with Gasteiger partial charge in [0, 0.05) is 5.69 Å². The van der Waals surface area contributed by atoms with Gasteiger partial charge in [-0.2, -0.15) is 0 Å². The molecule has 0 spiro atoms. The number of benzene rings is 2. The molecule has 2 N–H and O–H groups in total. The summed E-state index contributed by atoms with van der Waals surface area (Å²) >= 11 is 5.42. The van der Waals surface area contributed by atoms with Crippen LogP contribution < -0.4 is 10.6 Å². The third-order valence-corrected chi connectivity index (χ3v) is 3.49. The van der Waals surface area contributed by atoms with E-state index in [0.717, 1.165) is 17.0 Å². The lowest BCUT2D eigenvalue weighted by atomic mass is 10.1. The number of hydrogen-bond acceptors (Lipinski definition) is 2. The highest BCUT2D eigenvalue weighted by molar-refractivity contribution is 7.80. The third-order valence-electron chi connectivity index (χ3n) is 3.27. The van der Waals surface area contributed by atoms with Crippen LogP contribution in [0.15, 0.2) is 83.5 Å². The van der Waals surface area contributed by atoms with E-state index >= 15 is 0 Å². The topological polar surface area (TPSA) is 37.2 Å². The van der Waals surface area contributed by atoms with Crippen molar-refractivity contribution in [2.24, 2.45) is 0 Å². The zero-order valence-electron chi connectivity index (χ0n) is 11.9. The molecule has 22 heavy (non-hydrogen) atoms. The number of anilines is 1. The van der Waals surface area contributed by atoms with Crippen molar-refractivity contribution < 1.29 is 4.42 Å². The second-order valence-electron chi connectivity index (χ2n) is 4.82. The van der Waals surface area contributed by atoms with Gasteiger partial charge < -0.3 is 15.1 Å². The lowest BCUT2D eigenvalue weighted by molar-refractivity contribution is 0.476. The fourth-order valence-corrected chi connectivity index (χ4v) is 2.48. The molecule has 1 atom stereocenters. The summed E-state index contributed by atoms with van der Waals surface area (Å²) in [5, 5.41) is 7.05. The lowest BCUT2D eigenvalue weighted by Gasteiger charge is -2.19. The summed E-state index contributed by atoms with van der Waals surface area (Å²) in [5.74, 6) is 0.823. The molecule has 0 amide bonds. The standard InChI is InChI=1S/C18H16N2OS/c22-18(19-15-10-5-2-6-11-15)20-17(16-12-7-13-21-16)14-8-3-1-4-9-14/h1-13,17H,(H2,19,20,22). The normalized spacial score (nSPS) is 11.6. The molecule has 0 aliphatic rings. The van der Waals surface area contributed by atoms with Crippen LogP contribution in [0, 0.1) is 0 Å². The Morgan fingerprint density at radius 3 is 2.18 bits per heavy atom. The zero-order chi connectivity index (χ0) is 15.2. The van der Waals surface area contributed by atoms with Crippen LogP contribution in [0.2, 0.25) is 0 Å². The van der Waals surface area contributed by atoms with Crippen molar-refractivity contribution in [1.82, 2.24) is 5.32 Å². The van der Waals surface area contributed by atoms with Gasteiger partial charge in [-0.1, -0.05) is 48.5 Å². The second kappa shape index (κ2) is 6.91. The minimum atomic E-state index is -0.125. The number of hydrogen-bond donors (Lipinski definition) is 2. The number of nitrogens with one attached hydrogen (secondary N) is 2. The monoisotopic (exact) mass is 308 g/mol. The number of thiocarbonyl (C=S) groups is 1. The van der Waals surface area contributed by atoms with Crippen molar-refractivity contribution in [3.05, 3.63) is 90.4 Å². The first kappa shape index (κ1) is 14.4. The van der Waals surface area contributed by atoms with Gasteiger partial charge in [-0.15, -0.1) is 0 Å². The average molecular weight is 308 g/mol. The SMILES string of the molecule is S=C(Nc1ccccc1)NC(c1ccccc1)c1ccco1. The predicted octanol–water partition coefficient (Wildman–Crippen LogP) is 4.36. The molecule has 2 aromatic carbocycles. The maximum atomic E-state index is 5.55. The molecule has 110 valence electrons. The van der Waals surface area contributed by atoms with Gasteiger partial charge in [0.1, 0.15) is 11.8 Å². The molecule has 1 aromatic heterocycles. The Kier molecular flexibility index (Phi) is 4.51. The third kappa shape index (κ3) is 3.54. The minimum absolute atomic E-state index is 0.125. The van der Waals surface area contributed by atoms with Gasteiger partial charge in [-0.05, 0) is 42.0 Å². The average Bonchev–Trinajstić information content (AvgIpc) is 3.08. The van der Waals surface area contributed by atoms with Gasteiger partial charge in [-0.3, -0.25) is 0 Å². The zero-order valence-corrected chi connectivity index (χ0v) is 12.7. The van der Waals surface area contributed by atoms with E-state index in [9.17, 15) is 0 Å². The molecule has 0 saturated carbocycles. The summed E-state index contributed by atoms with van der Waals surface area (Å²) in [6.45, 7) is 0. The lowest BCUT2D eigenvalue weighted by Crippen LogP contribution is -2.32. The fourth-order valence-electron chi connectivity index (χ4n) is 2.24. The molecule has 0 radical (unpaired) electrons. The molecule has 3 aromatic rings. The van der Waals surface area contributed by atoms with E-state index in [0.29, 0.717) is 5.11 Å². The Morgan fingerprint density at radius 2 is 1.55 bits per heavy atom. The molecular formula is C18H16N2OS. The number of furan rings is 1. The van der Waals surface area contributed by atoms with Gasteiger partial charge in [0.25, 0.3) is 0 Å². The van der Waals surface area contributed by atoms with Crippen molar-refractivity contribution in [3.8, 4) is 0 Å². The van der Waals surface area contributed by atoms with Crippen LogP contribution in [0.25, 0.3) is 0 Å². The Balaban J connectivity index is 1.77. The molecule has 3 rings (SSSR count). The van der Waals surface area contributed by atoms with E-state index < -0.39 is 0 Å². The first-order valence-electron chi connectivity index (χ1n) is 7.04. The molecule has 0 fully saturated rings. The Bertz CT molecular complexity index is 711. The summed E-state index contributed by atoms with van der Waals surface area (Å²) in [7, 11) is 0. The molecule has 0 bridgehead atoms. The Labute approximate surface area is 135 Å². The van der Waals surface area contributed by atoms with Crippen LogP contribution in [-0.2, 0) is 0 Å². The van der Waals surface area contributed by atoms with Crippen LogP contribution >= 0.6 is 12.2 Å². The summed E-state index contributed by atoms with van der Waals surface area (Å²) in [4.78, 5) is 0. The maximum Gasteiger partial charge on any atom is 0.171 e. The first-order valence-corrected chi connectivity index (χ1v) is 7.44. The highest BCUT2D eigenvalue weighted by Gasteiger charge is 2.17. The van der Waals surface area contributed by atoms with Crippen LogP contribution in [0.5, 0.6) is 0 Å². The van der Waals surface area contributed by atoms with Gasteiger partial charge in [0.05, 0.1) is 6.26 Å². The largest absolute Gasteiger partial charge is 0.467 e. The van der Waals surface area contributed by atoms with Gasteiger partial charge in [0.2, 0.25) is 0 Å². The summed E-state index contributed by atoms with van der Waals surface area (Å²) in [6.07, 6.45) is 1.67. The van der Waals surface area contributed by atoms with Crippen LogP contribution in [0.3, 0.4) is 0 Å². The summed E-state index contributed by atoms with van der Waals surface area (Å²) in [6, 6.07) is 23.6. The molecule has 0 aliphatic heterocycles. The Hall–Kier alpha value is -2.59. The van der Waals surface area contributed by atoms with E-state index in [4.69, 9.17) is 16.6 Å². The van der Waals surface area contributed by atoms with Crippen molar-refractivity contribution in [2.75, 3.05) is 5.32 Å². The minimum Gasteiger partial charge on any atom is -0.467 e. The smallest absolute Gasteiger partial charge is 0.171 e. The molecule has 4 heteroatoms. The summed E-state index contributed by atoms with van der Waals surface area (Å²) in [5.41, 5.74) is 2.04.